The topological polar surface area (TPSA) is 29.5 Å². The van der Waals surface area contributed by atoms with E-state index >= 15 is 0 Å². The molecule has 0 bridgehead atoms. The Hall–Kier alpha value is -1.96. The van der Waals surface area contributed by atoms with E-state index in [1.54, 1.807) is 12.1 Å². The minimum Gasteiger partial charge on any atom is -0.508 e. The molecule has 0 radical (unpaired) electrons. The molecule has 3 rings (SSSR count). The van der Waals surface area contributed by atoms with Gasteiger partial charge in [0.05, 0.1) is 6.61 Å². The van der Waals surface area contributed by atoms with Gasteiger partial charge in [-0.3, -0.25) is 0 Å². The number of hydrogen-bond acceptors (Lipinski definition) is 2. The summed E-state index contributed by atoms with van der Waals surface area (Å²) in [6.07, 6.45) is 1.00. The van der Waals surface area contributed by atoms with Gasteiger partial charge in [0.25, 0.3) is 0 Å². The summed E-state index contributed by atoms with van der Waals surface area (Å²) in [4.78, 5) is 0. The van der Waals surface area contributed by atoms with E-state index in [4.69, 9.17) is 4.74 Å². The summed E-state index contributed by atoms with van der Waals surface area (Å²) >= 11 is 0. The van der Waals surface area contributed by atoms with E-state index in [0.717, 1.165) is 12.2 Å². The third-order valence-corrected chi connectivity index (χ3v) is 3.49. The molecule has 18 heavy (non-hydrogen) atoms. The van der Waals surface area contributed by atoms with Crippen LogP contribution in [-0.2, 0) is 6.42 Å². The van der Waals surface area contributed by atoms with Gasteiger partial charge in [-0.15, -0.1) is 0 Å². The average molecular weight is 240 g/mol. The van der Waals surface area contributed by atoms with Crippen molar-refractivity contribution in [3.05, 3.63) is 59.2 Å². The van der Waals surface area contributed by atoms with Gasteiger partial charge in [-0.25, -0.2) is 0 Å². The summed E-state index contributed by atoms with van der Waals surface area (Å²) in [6, 6.07) is 13.8. The predicted octanol–water partition coefficient (Wildman–Crippen LogP) is 3.42. The van der Waals surface area contributed by atoms with E-state index in [-0.39, 0.29) is 0 Å². The number of ether oxygens (including phenoxy) is 1. The van der Waals surface area contributed by atoms with Crippen molar-refractivity contribution in [2.75, 3.05) is 6.61 Å². The Bertz CT molecular complexity index is 558. The van der Waals surface area contributed by atoms with Gasteiger partial charge in [-0.05, 0) is 48.2 Å². The Labute approximate surface area is 107 Å². The average Bonchev–Trinajstić information content (AvgIpc) is 2.39. The molecule has 1 aliphatic rings. The zero-order valence-electron chi connectivity index (χ0n) is 10.4. The molecule has 1 aliphatic heterocycles. The molecule has 2 nitrogen and oxygen atoms in total. The van der Waals surface area contributed by atoms with E-state index in [9.17, 15) is 5.11 Å². The third kappa shape index (κ3) is 2.06. The van der Waals surface area contributed by atoms with Crippen molar-refractivity contribution in [3.8, 4) is 11.5 Å². The number of aryl methyl sites for hydroxylation is 1. The predicted molar refractivity (Wildman–Crippen MR) is 71.2 cm³/mol. The zero-order chi connectivity index (χ0) is 12.5. The number of phenols is 1. The van der Waals surface area contributed by atoms with Gasteiger partial charge in [0, 0.05) is 5.92 Å². The normalized spacial score (nSPS) is 17.9. The molecule has 1 atom stereocenters. The minimum atomic E-state index is 0.312. The van der Waals surface area contributed by atoms with Crippen LogP contribution >= 0.6 is 0 Å². The highest BCUT2D eigenvalue weighted by molar-refractivity contribution is 5.41. The number of fused-ring (bicyclic) bond motifs is 1. The summed E-state index contributed by atoms with van der Waals surface area (Å²) in [5, 5.41) is 9.31. The fourth-order valence-corrected chi connectivity index (χ4v) is 2.44. The summed E-state index contributed by atoms with van der Waals surface area (Å²) < 4.78 is 5.84. The van der Waals surface area contributed by atoms with Crippen molar-refractivity contribution in [1.82, 2.24) is 0 Å². The summed E-state index contributed by atoms with van der Waals surface area (Å²) in [5.74, 6) is 1.71. The molecule has 0 saturated carbocycles. The first-order chi connectivity index (χ1) is 8.72. The second-order valence-electron chi connectivity index (χ2n) is 4.91. The molecule has 0 aromatic heterocycles. The SMILES string of the molecule is Cc1ccc2c(c1)OCC(c1ccc(O)cc1)C2. The van der Waals surface area contributed by atoms with Crippen LogP contribution in [0.15, 0.2) is 42.5 Å². The molecule has 0 amide bonds. The van der Waals surface area contributed by atoms with Gasteiger partial charge in [0.15, 0.2) is 0 Å². The maximum Gasteiger partial charge on any atom is 0.122 e. The van der Waals surface area contributed by atoms with Crippen LogP contribution in [0.25, 0.3) is 0 Å². The van der Waals surface area contributed by atoms with E-state index < -0.39 is 0 Å². The van der Waals surface area contributed by atoms with E-state index in [2.05, 4.69) is 25.1 Å². The molecular formula is C16H16O2. The molecule has 0 spiro atoms. The first-order valence-electron chi connectivity index (χ1n) is 6.23. The molecule has 2 aromatic carbocycles. The van der Waals surface area contributed by atoms with Gasteiger partial charge in [-0.1, -0.05) is 24.3 Å². The number of benzene rings is 2. The molecule has 1 N–H and O–H groups in total. The number of phenolic OH excluding ortho intramolecular Hbond substituents is 1. The smallest absolute Gasteiger partial charge is 0.122 e. The van der Waals surface area contributed by atoms with Crippen molar-refractivity contribution in [2.45, 2.75) is 19.3 Å². The molecule has 0 saturated heterocycles. The molecule has 92 valence electrons. The quantitative estimate of drug-likeness (QED) is 0.827. The summed E-state index contributed by atoms with van der Waals surface area (Å²) in [5.41, 5.74) is 3.72. The van der Waals surface area contributed by atoms with Crippen LogP contribution in [0.5, 0.6) is 11.5 Å². The fourth-order valence-electron chi connectivity index (χ4n) is 2.44. The largest absolute Gasteiger partial charge is 0.508 e. The minimum absolute atomic E-state index is 0.312. The molecule has 0 fully saturated rings. The van der Waals surface area contributed by atoms with Crippen LogP contribution in [0.2, 0.25) is 0 Å². The van der Waals surface area contributed by atoms with Gasteiger partial charge < -0.3 is 9.84 Å². The maximum atomic E-state index is 9.31. The summed E-state index contributed by atoms with van der Waals surface area (Å²) in [6.45, 7) is 2.79. The highest BCUT2D eigenvalue weighted by Crippen LogP contribution is 2.33. The van der Waals surface area contributed by atoms with Crippen LogP contribution in [-0.4, -0.2) is 11.7 Å². The van der Waals surface area contributed by atoms with Crippen molar-refractivity contribution < 1.29 is 9.84 Å². The lowest BCUT2D eigenvalue weighted by atomic mass is 9.90. The zero-order valence-corrected chi connectivity index (χ0v) is 10.4. The van der Waals surface area contributed by atoms with Gasteiger partial charge in [0.2, 0.25) is 0 Å². The van der Waals surface area contributed by atoms with Crippen LogP contribution in [0, 0.1) is 6.92 Å². The van der Waals surface area contributed by atoms with Crippen molar-refractivity contribution in [3.63, 3.8) is 0 Å². The van der Waals surface area contributed by atoms with Crippen LogP contribution in [0.3, 0.4) is 0 Å². The lowest BCUT2D eigenvalue weighted by Crippen LogP contribution is -2.19. The highest BCUT2D eigenvalue weighted by atomic mass is 16.5. The Kier molecular flexibility index (Phi) is 2.71. The lowest BCUT2D eigenvalue weighted by molar-refractivity contribution is 0.262. The number of aromatic hydroxyl groups is 1. The van der Waals surface area contributed by atoms with Crippen LogP contribution in [0.4, 0.5) is 0 Å². The Balaban J connectivity index is 1.86. The van der Waals surface area contributed by atoms with Gasteiger partial charge in [-0.2, -0.15) is 0 Å². The molecular weight excluding hydrogens is 224 g/mol. The van der Waals surface area contributed by atoms with Gasteiger partial charge in [0.1, 0.15) is 11.5 Å². The maximum absolute atomic E-state index is 9.31. The van der Waals surface area contributed by atoms with Crippen molar-refractivity contribution >= 4 is 0 Å². The Morgan fingerprint density at radius 3 is 2.67 bits per heavy atom. The lowest BCUT2D eigenvalue weighted by Gasteiger charge is -2.26. The van der Waals surface area contributed by atoms with Crippen molar-refractivity contribution in [2.24, 2.45) is 0 Å². The highest BCUT2D eigenvalue weighted by Gasteiger charge is 2.21. The standard InChI is InChI=1S/C16H16O2/c1-11-2-3-13-9-14(10-18-16(13)8-11)12-4-6-15(17)7-5-12/h2-8,14,17H,9-10H2,1H3. The second-order valence-corrected chi connectivity index (χ2v) is 4.91. The molecule has 1 heterocycles. The van der Waals surface area contributed by atoms with Crippen LogP contribution in [0.1, 0.15) is 22.6 Å². The molecule has 2 aromatic rings. The Morgan fingerprint density at radius 2 is 1.89 bits per heavy atom. The van der Waals surface area contributed by atoms with Gasteiger partial charge >= 0.3 is 0 Å². The second kappa shape index (κ2) is 4.37. The van der Waals surface area contributed by atoms with E-state index in [1.807, 2.05) is 12.1 Å². The molecule has 0 aliphatic carbocycles. The Morgan fingerprint density at radius 1 is 1.11 bits per heavy atom. The third-order valence-electron chi connectivity index (χ3n) is 3.49. The number of rotatable bonds is 1. The number of hydrogen-bond donors (Lipinski definition) is 1. The van der Waals surface area contributed by atoms with E-state index in [0.29, 0.717) is 18.3 Å². The van der Waals surface area contributed by atoms with Crippen molar-refractivity contribution in [1.29, 1.82) is 0 Å². The van der Waals surface area contributed by atoms with Crippen LogP contribution < -0.4 is 4.74 Å². The first kappa shape index (κ1) is 11.1. The monoisotopic (exact) mass is 240 g/mol. The first-order valence-corrected chi connectivity index (χ1v) is 6.23. The fraction of sp³-hybridized carbons (Fsp3) is 0.250. The summed E-state index contributed by atoms with van der Waals surface area (Å²) in [7, 11) is 0. The van der Waals surface area contributed by atoms with E-state index in [1.165, 1.54) is 16.7 Å². The molecule has 1 unspecified atom stereocenters. The molecule has 2 heteroatoms.